The number of hydrogen-bond donors (Lipinski definition) is 0. The fourth-order valence-corrected chi connectivity index (χ4v) is 1.51. The van der Waals surface area contributed by atoms with Gasteiger partial charge in [0.15, 0.2) is 0 Å². The maximum Gasteiger partial charge on any atom is 0.128 e. The summed E-state index contributed by atoms with van der Waals surface area (Å²) in [6, 6.07) is 11.8. The summed E-state index contributed by atoms with van der Waals surface area (Å²) < 4.78 is 0. The van der Waals surface area contributed by atoms with Crippen molar-refractivity contribution in [3.63, 3.8) is 0 Å². The summed E-state index contributed by atoms with van der Waals surface area (Å²) in [5, 5.41) is 9.09. The fraction of sp³-hybridized carbons (Fsp3) is 0.0909. The zero-order valence-electron chi connectivity index (χ0n) is 7.31. The first-order valence-corrected chi connectivity index (χ1v) is 4.60. The van der Waals surface area contributed by atoms with E-state index >= 15 is 0 Å². The number of aliphatic imine (C=N–C) groups is 1. The third-order valence-electron chi connectivity index (χ3n) is 2.02. The topological polar surface area (TPSA) is 36.1 Å². The number of hydrogen-bond acceptors (Lipinski definition) is 2. The maximum absolute atomic E-state index is 8.74. The van der Waals surface area contributed by atoms with Crippen molar-refractivity contribution < 1.29 is 0 Å². The monoisotopic (exact) mass is 202 g/mol. The normalized spacial score (nSPS) is 19.9. The van der Waals surface area contributed by atoms with Crippen molar-refractivity contribution in [1.29, 1.82) is 5.26 Å². The van der Waals surface area contributed by atoms with Crippen LogP contribution >= 0.6 is 11.6 Å². The van der Waals surface area contributed by atoms with Gasteiger partial charge in [-0.1, -0.05) is 41.9 Å². The summed E-state index contributed by atoms with van der Waals surface area (Å²) >= 11 is 5.80. The van der Waals surface area contributed by atoms with Gasteiger partial charge < -0.3 is 0 Å². The highest BCUT2D eigenvalue weighted by molar-refractivity contribution is 6.67. The summed E-state index contributed by atoms with van der Waals surface area (Å²) in [6.45, 7) is 0. The minimum Gasteiger partial charge on any atom is -0.239 e. The molecule has 0 fully saturated rings. The van der Waals surface area contributed by atoms with E-state index in [9.17, 15) is 0 Å². The molecule has 68 valence electrons. The Morgan fingerprint density at radius 1 is 1.29 bits per heavy atom. The minimum absolute atomic E-state index is 0.353. The van der Waals surface area contributed by atoms with Gasteiger partial charge in [0.1, 0.15) is 11.1 Å². The van der Waals surface area contributed by atoms with Gasteiger partial charge in [0.2, 0.25) is 0 Å². The van der Waals surface area contributed by atoms with Gasteiger partial charge in [0, 0.05) is 0 Å². The van der Waals surface area contributed by atoms with E-state index in [-0.39, 0.29) is 5.92 Å². The highest BCUT2D eigenvalue weighted by atomic mass is 35.5. The second-order valence-electron chi connectivity index (χ2n) is 2.96. The van der Waals surface area contributed by atoms with Crippen molar-refractivity contribution in [3.05, 3.63) is 42.0 Å². The first-order chi connectivity index (χ1) is 6.81. The van der Waals surface area contributed by atoms with Gasteiger partial charge in [-0.05, 0) is 11.6 Å². The Balaban J connectivity index is 2.37. The maximum atomic E-state index is 8.74. The molecule has 1 heterocycles. The molecule has 3 heteroatoms. The molecule has 0 N–H and O–H groups in total. The van der Waals surface area contributed by atoms with Crippen molar-refractivity contribution in [1.82, 2.24) is 0 Å². The molecule has 0 saturated heterocycles. The Hall–Kier alpha value is -1.59. The van der Waals surface area contributed by atoms with Crippen LogP contribution in [0.2, 0.25) is 0 Å². The largest absolute Gasteiger partial charge is 0.239 e. The Bertz CT molecular complexity index is 440. The Morgan fingerprint density at radius 3 is 2.57 bits per heavy atom. The van der Waals surface area contributed by atoms with E-state index in [2.05, 4.69) is 11.1 Å². The van der Waals surface area contributed by atoms with E-state index in [4.69, 9.17) is 16.9 Å². The lowest BCUT2D eigenvalue weighted by atomic mass is 10.1. The third-order valence-corrected chi connectivity index (χ3v) is 2.34. The second-order valence-corrected chi connectivity index (χ2v) is 3.35. The zero-order valence-corrected chi connectivity index (χ0v) is 8.07. The van der Waals surface area contributed by atoms with Crippen LogP contribution in [0.1, 0.15) is 5.56 Å². The summed E-state index contributed by atoms with van der Waals surface area (Å²) in [7, 11) is 0. The van der Waals surface area contributed by atoms with E-state index in [0.29, 0.717) is 5.17 Å². The lowest BCUT2D eigenvalue weighted by Gasteiger charge is -1.95. The molecule has 0 saturated carbocycles. The molecule has 0 amide bonds. The number of rotatable bonds is 1. The molecular formula is C11H7ClN2. The van der Waals surface area contributed by atoms with Gasteiger partial charge in [-0.3, -0.25) is 0 Å². The van der Waals surface area contributed by atoms with E-state index in [0.717, 1.165) is 11.3 Å². The predicted molar refractivity (Wildman–Crippen MR) is 56.8 cm³/mol. The van der Waals surface area contributed by atoms with Crippen molar-refractivity contribution in [2.45, 2.75) is 0 Å². The number of halogens is 1. The molecule has 2 nitrogen and oxygen atoms in total. The number of nitriles is 1. The summed E-state index contributed by atoms with van der Waals surface area (Å²) in [6.07, 6.45) is 1.78. The average molecular weight is 203 g/mol. The lowest BCUT2D eigenvalue weighted by molar-refractivity contribution is 1.19. The Kier molecular flexibility index (Phi) is 2.34. The van der Waals surface area contributed by atoms with Crippen LogP contribution in [-0.4, -0.2) is 5.17 Å². The summed E-state index contributed by atoms with van der Waals surface area (Å²) in [5.41, 5.74) is 1.77. The fourth-order valence-electron chi connectivity index (χ4n) is 1.31. The van der Waals surface area contributed by atoms with Gasteiger partial charge in [0.25, 0.3) is 0 Å². The van der Waals surface area contributed by atoms with Gasteiger partial charge in [-0.15, -0.1) is 0 Å². The first-order valence-electron chi connectivity index (χ1n) is 4.22. The average Bonchev–Trinajstić information content (AvgIpc) is 2.61. The highest BCUT2D eigenvalue weighted by Gasteiger charge is 2.19. The van der Waals surface area contributed by atoms with Crippen molar-refractivity contribution >= 4 is 22.5 Å². The first kappa shape index (κ1) is 8.98. The van der Waals surface area contributed by atoms with Crippen molar-refractivity contribution in [2.75, 3.05) is 0 Å². The Morgan fingerprint density at radius 2 is 2.00 bits per heavy atom. The summed E-state index contributed by atoms with van der Waals surface area (Å²) in [5.74, 6) is -0.383. The van der Waals surface area contributed by atoms with E-state index in [1.54, 1.807) is 6.08 Å². The molecule has 0 unspecified atom stereocenters. The highest BCUT2D eigenvalue weighted by Crippen LogP contribution is 2.26. The van der Waals surface area contributed by atoms with Gasteiger partial charge in [-0.2, -0.15) is 5.26 Å². The molecule has 1 aliphatic heterocycles. The van der Waals surface area contributed by atoms with Crippen LogP contribution in [-0.2, 0) is 0 Å². The molecule has 14 heavy (non-hydrogen) atoms. The quantitative estimate of drug-likeness (QED) is 0.690. The van der Waals surface area contributed by atoms with Crippen LogP contribution in [0.5, 0.6) is 0 Å². The smallest absolute Gasteiger partial charge is 0.128 e. The number of nitrogens with zero attached hydrogens (tertiary/aromatic N) is 2. The van der Waals surface area contributed by atoms with Gasteiger partial charge in [0.05, 0.1) is 11.8 Å². The second kappa shape index (κ2) is 3.65. The molecule has 0 bridgehead atoms. The van der Waals surface area contributed by atoms with Crippen LogP contribution in [0.25, 0.3) is 5.70 Å². The molecule has 1 aromatic rings. The van der Waals surface area contributed by atoms with E-state index in [1.807, 2.05) is 30.3 Å². The lowest BCUT2D eigenvalue weighted by Crippen LogP contribution is -1.96. The molecule has 0 spiro atoms. The van der Waals surface area contributed by atoms with E-state index in [1.165, 1.54) is 0 Å². The third kappa shape index (κ3) is 1.55. The zero-order chi connectivity index (χ0) is 9.97. The molecule has 0 aromatic heterocycles. The molecule has 2 rings (SSSR count). The van der Waals surface area contributed by atoms with Crippen LogP contribution in [0.4, 0.5) is 0 Å². The predicted octanol–water partition coefficient (Wildman–Crippen LogP) is 2.82. The van der Waals surface area contributed by atoms with Crippen molar-refractivity contribution in [3.8, 4) is 6.07 Å². The molecule has 1 aliphatic rings. The molecule has 1 aromatic carbocycles. The van der Waals surface area contributed by atoms with Crippen LogP contribution < -0.4 is 0 Å². The molecule has 1 atom stereocenters. The van der Waals surface area contributed by atoms with E-state index < -0.39 is 0 Å². The SMILES string of the molecule is N#C[C@H]1C=C(c2ccccc2)N=C1Cl. The summed E-state index contributed by atoms with van der Waals surface area (Å²) in [4.78, 5) is 4.13. The van der Waals surface area contributed by atoms with Crippen LogP contribution in [0, 0.1) is 17.2 Å². The molecule has 0 aliphatic carbocycles. The van der Waals surface area contributed by atoms with Crippen LogP contribution in [0.3, 0.4) is 0 Å². The number of benzene rings is 1. The van der Waals surface area contributed by atoms with Gasteiger partial charge in [-0.25, -0.2) is 4.99 Å². The van der Waals surface area contributed by atoms with Gasteiger partial charge >= 0.3 is 0 Å². The minimum atomic E-state index is -0.383. The molecular weight excluding hydrogens is 196 g/mol. The van der Waals surface area contributed by atoms with Crippen LogP contribution in [0.15, 0.2) is 41.4 Å². The Labute approximate surface area is 87.2 Å². The van der Waals surface area contributed by atoms with Crippen molar-refractivity contribution in [2.24, 2.45) is 10.9 Å². The molecule has 0 radical (unpaired) electrons. The standard InChI is InChI=1S/C11H7ClN2/c12-11-9(7-13)6-10(14-11)8-4-2-1-3-5-8/h1-6,9H/t9-/m1/s1. The number of allylic oxidation sites excluding steroid dienone is 1.